The zero-order valence-electron chi connectivity index (χ0n) is 15.9. The minimum atomic E-state index is 0.0259. The van der Waals surface area contributed by atoms with Crippen LogP contribution in [-0.4, -0.2) is 42.4 Å². The highest BCUT2D eigenvalue weighted by atomic mass is 79.9. The second-order valence-corrected chi connectivity index (χ2v) is 8.38. The number of anilines is 1. The number of carbonyl (C=O) groups is 2. The monoisotopic (exact) mass is 423 g/mol. The summed E-state index contributed by atoms with van der Waals surface area (Å²) in [6.07, 6.45) is 2.20. The number of rotatable bonds is 7. The van der Waals surface area contributed by atoms with Crippen molar-refractivity contribution < 1.29 is 9.59 Å². The van der Waals surface area contributed by atoms with Crippen molar-refractivity contribution in [3.05, 3.63) is 28.7 Å². The molecular formula is C20H30BrN3O2. The van der Waals surface area contributed by atoms with Gasteiger partial charge in [-0.1, -0.05) is 29.8 Å². The van der Waals surface area contributed by atoms with E-state index in [1.54, 1.807) is 0 Å². The molecule has 2 amide bonds. The van der Waals surface area contributed by atoms with Crippen LogP contribution in [-0.2, 0) is 9.59 Å². The molecule has 1 fully saturated rings. The molecule has 6 heteroatoms. The summed E-state index contributed by atoms with van der Waals surface area (Å²) in [7, 11) is 0. The summed E-state index contributed by atoms with van der Waals surface area (Å²) in [5, 5.41) is 6.04. The van der Waals surface area contributed by atoms with Gasteiger partial charge >= 0.3 is 0 Å². The summed E-state index contributed by atoms with van der Waals surface area (Å²) >= 11 is 3.38. The van der Waals surface area contributed by atoms with Crippen LogP contribution >= 0.6 is 15.9 Å². The fourth-order valence-corrected chi connectivity index (χ4v) is 3.21. The van der Waals surface area contributed by atoms with Gasteiger partial charge in [-0.2, -0.15) is 0 Å². The molecule has 5 nitrogen and oxygen atoms in total. The summed E-state index contributed by atoms with van der Waals surface area (Å²) in [5.41, 5.74) is 0.813. The van der Waals surface area contributed by atoms with Crippen LogP contribution < -0.4 is 10.6 Å². The van der Waals surface area contributed by atoms with Gasteiger partial charge in [0.15, 0.2) is 0 Å². The molecule has 0 radical (unpaired) electrons. The van der Waals surface area contributed by atoms with E-state index in [1.807, 2.05) is 24.3 Å². The van der Waals surface area contributed by atoms with Crippen LogP contribution in [0.2, 0.25) is 0 Å². The van der Waals surface area contributed by atoms with Crippen molar-refractivity contribution in [2.45, 2.75) is 46.1 Å². The largest absolute Gasteiger partial charge is 0.353 e. The molecule has 1 aliphatic rings. The smallest absolute Gasteiger partial charge is 0.225 e. The van der Waals surface area contributed by atoms with Crippen LogP contribution in [0, 0.1) is 11.8 Å². The summed E-state index contributed by atoms with van der Waals surface area (Å²) < 4.78 is 0.991. The molecule has 0 aromatic heterocycles. The Morgan fingerprint density at radius 3 is 2.35 bits per heavy atom. The van der Waals surface area contributed by atoms with E-state index in [0.29, 0.717) is 12.3 Å². The number of benzene rings is 1. The van der Waals surface area contributed by atoms with Gasteiger partial charge in [0.05, 0.1) is 0 Å². The maximum atomic E-state index is 12.3. The first-order valence-electron chi connectivity index (χ1n) is 9.43. The Labute approximate surface area is 165 Å². The normalized spacial score (nSPS) is 17.1. The third kappa shape index (κ3) is 6.72. The minimum Gasteiger partial charge on any atom is -0.353 e. The van der Waals surface area contributed by atoms with Gasteiger partial charge in [-0.3, -0.25) is 9.59 Å². The number of halogens is 1. The van der Waals surface area contributed by atoms with Crippen molar-refractivity contribution in [2.24, 2.45) is 11.8 Å². The van der Waals surface area contributed by atoms with E-state index in [1.165, 1.54) is 0 Å². The number of hydrogen-bond donors (Lipinski definition) is 2. The van der Waals surface area contributed by atoms with E-state index in [9.17, 15) is 9.59 Å². The second-order valence-electron chi connectivity index (χ2n) is 7.46. The Bertz CT molecular complexity index is 596. The van der Waals surface area contributed by atoms with E-state index in [0.717, 1.165) is 42.6 Å². The number of hydrogen-bond acceptors (Lipinski definition) is 3. The summed E-state index contributed by atoms with van der Waals surface area (Å²) in [5.74, 6) is 0.754. The maximum Gasteiger partial charge on any atom is 0.225 e. The van der Waals surface area contributed by atoms with Crippen LogP contribution in [0.4, 0.5) is 5.69 Å². The van der Waals surface area contributed by atoms with E-state index in [4.69, 9.17) is 0 Å². The van der Waals surface area contributed by atoms with Crippen molar-refractivity contribution >= 4 is 33.4 Å². The van der Waals surface area contributed by atoms with Gasteiger partial charge in [0, 0.05) is 35.1 Å². The van der Waals surface area contributed by atoms with Crippen LogP contribution in [0.3, 0.4) is 0 Å². The molecule has 26 heavy (non-hydrogen) atoms. The number of likely N-dealkylation sites (tertiary alicyclic amines) is 1. The molecule has 0 bridgehead atoms. The molecule has 0 aliphatic carbocycles. The summed E-state index contributed by atoms with van der Waals surface area (Å²) in [6.45, 7) is 8.78. The second kappa shape index (κ2) is 10.1. The van der Waals surface area contributed by atoms with Gasteiger partial charge in [0.25, 0.3) is 0 Å². The van der Waals surface area contributed by atoms with Crippen LogP contribution in [0.15, 0.2) is 28.7 Å². The first-order chi connectivity index (χ1) is 12.3. The average Bonchev–Trinajstić information content (AvgIpc) is 2.62. The number of piperidine rings is 1. The van der Waals surface area contributed by atoms with Gasteiger partial charge < -0.3 is 15.5 Å². The molecule has 1 unspecified atom stereocenters. The highest BCUT2D eigenvalue weighted by molar-refractivity contribution is 9.10. The molecule has 144 valence electrons. The quantitative estimate of drug-likeness (QED) is 0.703. The Kier molecular flexibility index (Phi) is 8.10. The van der Waals surface area contributed by atoms with E-state index >= 15 is 0 Å². The molecule has 2 N–H and O–H groups in total. The topological polar surface area (TPSA) is 61.4 Å². The molecule has 1 aromatic rings. The average molecular weight is 424 g/mol. The van der Waals surface area contributed by atoms with Crippen molar-refractivity contribution in [1.82, 2.24) is 10.2 Å². The molecular weight excluding hydrogens is 394 g/mol. The molecule has 0 saturated carbocycles. The van der Waals surface area contributed by atoms with Crippen molar-refractivity contribution in [3.8, 4) is 0 Å². The number of carbonyl (C=O) groups excluding carboxylic acids is 2. The molecule has 1 atom stereocenters. The fourth-order valence-electron chi connectivity index (χ4n) is 2.94. The van der Waals surface area contributed by atoms with Crippen LogP contribution in [0.5, 0.6) is 0 Å². The van der Waals surface area contributed by atoms with E-state index < -0.39 is 0 Å². The lowest BCUT2D eigenvalue weighted by Gasteiger charge is -2.32. The molecule has 2 rings (SSSR count). The van der Waals surface area contributed by atoms with E-state index in [-0.39, 0.29) is 23.8 Å². The van der Waals surface area contributed by atoms with Gasteiger partial charge in [-0.05, 0) is 63.0 Å². The van der Waals surface area contributed by atoms with Crippen molar-refractivity contribution in [2.75, 3.05) is 25.0 Å². The first-order valence-corrected chi connectivity index (χ1v) is 10.2. The third-order valence-electron chi connectivity index (χ3n) is 5.11. The Hall–Kier alpha value is -1.40. The van der Waals surface area contributed by atoms with Crippen LogP contribution in [0.25, 0.3) is 0 Å². The third-order valence-corrected chi connectivity index (χ3v) is 5.64. The molecule has 0 spiro atoms. The Balaban J connectivity index is 1.67. The predicted molar refractivity (Wildman–Crippen MR) is 109 cm³/mol. The lowest BCUT2D eigenvalue weighted by atomic mass is 9.94. The standard InChI is InChI=1S/C20H30BrN3O2/c1-14(2)15(3)22-20(26)16-8-11-24(12-9-16)13-10-19(25)23-18-6-4-17(21)5-7-18/h4-7,14-16H,8-13H2,1-3H3,(H,22,26)(H,23,25). The van der Waals surface area contributed by atoms with Crippen molar-refractivity contribution in [1.29, 1.82) is 0 Å². The molecule has 1 aliphatic heterocycles. The molecule has 1 aromatic carbocycles. The van der Waals surface area contributed by atoms with Gasteiger partial charge in [0.2, 0.25) is 11.8 Å². The predicted octanol–water partition coefficient (Wildman–Crippen LogP) is 3.65. The number of nitrogens with zero attached hydrogens (tertiary/aromatic N) is 1. The van der Waals surface area contributed by atoms with Gasteiger partial charge in [-0.25, -0.2) is 0 Å². The summed E-state index contributed by atoms with van der Waals surface area (Å²) in [6, 6.07) is 7.79. The minimum absolute atomic E-state index is 0.0259. The van der Waals surface area contributed by atoms with Gasteiger partial charge in [-0.15, -0.1) is 0 Å². The maximum absolute atomic E-state index is 12.3. The highest BCUT2D eigenvalue weighted by Gasteiger charge is 2.26. The summed E-state index contributed by atoms with van der Waals surface area (Å²) in [4.78, 5) is 26.7. The molecule has 1 heterocycles. The Morgan fingerprint density at radius 2 is 1.77 bits per heavy atom. The number of amides is 2. The van der Waals surface area contributed by atoms with E-state index in [2.05, 4.69) is 52.2 Å². The highest BCUT2D eigenvalue weighted by Crippen LogP contribution is 2.19. The lowest BCUT2D eigenvalue weighted by molar-refractivity contribution is -0.127. The lowest BCUT2D eigenvalue weighted by Crippen LogP contribution is -2.44. The zero-order chi connectivity index (χ0) is 19.1. The number of nitrogens with one attached hydrogen (secondary N) is 2. The SMILES string of the molecule is CC(C)C(C)NC(=O)C1CCN(CCC(=O)Nc2ccc(Br)cc2)CC1. The van der Waals surface area contributed by atoms with Crippen LogP contribution in [0.1, 0.15) is 40.0 Å². The fraction of sp³-hybridized carbons (Fsp3) is 0.600. The Morgan fingerprint density at radius 1 is 1.15 bits per heavy atom. The van der Waals surface area contributed by atoms with Gasteiger partial charge in [0.1, 0.15) is 0 Å². The first kappa shape index (κ1) is 20.9. The zero-order valence-corrected chi connectivity index (χ0v) is 17.5. The molecule has 1 saturated heterocycles. The van der Waals surface area contributed by atoms with Crippen molar-refractivity contribution in [3.63, 3.8) is 0 Å².